The zero-order chi connectivity index (χ0) is 17.6. The van der Waals surface area contributed by atoms with E-state index in [1.54, 1.807) is 0 Å². The lowest BCUT2D eigenvalue weighted by atomic mass is 10.1. The number of hydrogen-bond acceptors (Lipinski definition) is 2. The predicted octanol–water partition coefficient (Wildman–Crippen LogP) is 3.46. The molecule has 1 aromatic carbocycles. The molecule has 1 aliphatic carbocycles. The molecule has 25 heavy (non-hydrogen) atoms. The normalized spacial score (nSPS) is 17.4. The Hall–Kier alpha value is -2.46. The zero-order valence-corrected chi connectivity index (χ0v) is 15.0. The first-order chi connectivity index (χ1) is 12.1. The number of hydrogen-bond donors (Lipinski definition) is 0. The third kappa shape index (κ3) is 2.57. The summed E-state index contributed by atoms with van der Waals surface area (Å²) in [5, 5.41) is 0.718. The van der Waals surface area contributed by atoms with Gasteiger partial charge in [0.05, 0.1) is 17.8 Å². The van der Waals surface area contributed by atoms with Crippen LogP contribution in [-0.2, 0) is 13.0 Å². The Balaban J connectivity index is 1.92. The lowest BCUT2D eigenvalue weighted by Crippen LogP contribution is -2.46. The van der Waals surface area contributed by atoms with E-state index in [1.165, 1.54) is 0 Å². The van der Waals surface area contributed by atoms with Crippen molar-refractivity contribution in [2.45, 2.75) is 32.9 Å². The molecule has 0 fully saturated rings. The Morgan fingerprint density at radius 1 is 1.24 bits per heavy atom. The topological polar surface area (TPSA) is 38.2 Å². The molecule has 1 unspecified atom stereocenters. The SMILES string of the molecule is CCc1c(C)[n+](Cc2ccc(Cl)cc2)c2n(c1=O)C1C=CC=CC1=N2. The molecule has 4 rings (SSSR count). The molecule has 0 spiro atoms. The third-order valence-electron chi connectivity index (χ3n) is 4.86. The maximum Gasteiger partial charge on any atom is 0.403 e. The second-order valence-electron chi connectivity index (χ2n) is 6.33. The molecule has 126 valence electrons. The van der Waals surface area contributed by atoms with Crippen LogP contribution < -0.4 is 10.1 Å². The van der Waals surface area contributed by atoms with E-state index in [0.717, 1.165) is 27.6 Å². The minimum atomic E-state index is -0.102. The first-order valence-electron chi connectivity index (χ1n) is 8.46. The molecule has 0 saturated carbocycles. The summed E-state index contributed by atoms with van der Waals surface area (Å²) >= 11 is 6.00. The molecule has 4 nitrogen and oxygen atoms in total. The highest BCUT2D eigenvalue weighted by molar-refractivity contribution is 6.30. The van der Waals surface area contributed by atoms with Gasteiger partial charge >= 0.3 is 11.5 Å². The summed E-state index contributed by atoms with van der Waals surface area (Å²) in [6.45, 7) is 4.68. The zero-order valence-electron chi connectivity index (χ0n) is 14.2. The van der Waals surface area contributed by atoms with Crippen molar-refractivity contribution in [2.24, 2.45) is 4.99 Å². The summed E-state index contributed by atoms with van der Waals surface area (Å²) in [6, 6.07) is 7.70. The molecule has 0 amide bonds. The molecule has 0 saturated heterocycles. The van der Waals surface area contributed by atoms with Crippen LogP contribution in [0.2, 0.25) is 5.02 Å². The minimum absolute atomic E-state index is 0.0612. The molecular formula is C20H19ClN3O+. The molecule has 0 N–H and O–H groups in total. The molecule has 2 aliphatic rings. The molecule has 1 aliphatic heterocycles. The van der Waals surface area contributed by atoms with E-state index in [2.05, 4.69) is 4.57 Å². The largest absolute Gasteiger partial charge is 0.403 e. The highest BCUT2D eigenvalue weighted by Gasteiger charge is 2.38. The van der Waals surface area contributed by atoms with Crippen molar-refractivity contribution in [3.63, 3.8) is 0 Å². The van der Waals surface area contributed by atoms with Gasteiger partial charge in [-0.2, -0.15) is 4.57 Å². The van der Waals surface area contributed by atoms with E-state index in [9.17, 15) is 4.79 Å². The van der Waals surface area contributed by atoms with Crippen LogP contribution in [0, 0.1) is 6.92 Å². The Bertz CT molecular complexity index is 997. The standard InChI is InChI=1S/C20H19ClN3O/c1-3-16-13(2)23(12-14-8-10-15(21)11-9-14)20-22-17-6-4-5-7-18(17)24(20)19(16)25/h4-11,18H,3,12H2,1-2H3/q+1. The lowest BCUT2D eigenvalue weighted by molar-refractivity contribution is -0.685. The number of benzene rings is 1. The number of allylic oxidation sites excluding steroid dienone is 4. The summed E-state index contributed by atoms with van der Waals surface area (Å²) in [7, 11) is 0. The third-order valence-corrected chi connectivity index (χ3v) is 5.12. The van der Waals surface area contributed by atoms with E-state index in [0.29, 0.717) is 18.9 Å². The molecular weight excluding hydrogens is 334 g/mol. The quantitative estimate of drug-likeness (QED) is 0.779. The monoisotopic (exact) mass is 352 g/mol. The number of fused-ring (bicyclic) bond motifs is 3. The second-order valence-corrected chi connectivity index (χ2v) is 6.77. The average Bonchev–Trinajstić information content (AvgIpc) is 3.00. The Morgan fingerprint density at radius 2 is 2.00 bits per heavy atom. The highest BCUT2D eigenvalue weighted by atomic mass is 35.5. The number of nitrogens with zero attached hydrogens (tertiary/aromatic N) is 3. The fourth-order valence-corrected chi connectivity index (χ4v) is 3.65. The van der Waals surface area contributed by atoms with Crippen molar-refractivity contribution in [1.29, 1.82) is 0 Å². The smallest absolute Gasteiger partial charge is 0.250 e. The van der Waals surface area contributed by atoms with Crippen molar-refractivity contribution >= 4 is 23.3 Å². The van der Waals surface area contributed by atoms with Crippen LogP contribution in [0.5, 0.6) is 0 Å². The van der Waals surface area contributed by atoms with Gasteiger partial charge in [0.1, 0.15) is 0 Å². The molecule has 0 radical (unpaired) electrons. The van der Waals surface area contributed by atoms with Gasteiger partial charge in [0.2, 0.25) is 0 Å². The Kier molecular flexibility index (Phi) is 3.92. The fraction of sp³-hybridized carbons (Fsp3) is 0.250. The van der Waals surface area contributed by atoms with Crippen LogP contribution in [0.4, 0.5) is 5.95 Å². The van der Waals surface area contributed by atoms with Crippen LogP contribution in [0.25, 0.3) is 0 Å². The van der Waals surface area contributed by atoms with Crippen molar-refractivity contribution in [2.75, 3.05) is 0 Å². The molecule has 0 bridgehead atoms. The second kappa shape index (κ2) is 6.12. The van der Waals surface area contributed by atoms with E-state index < -0.39 is 0 Å². The van der Waals surface area contributed by atoms with Crippen LogP contribution in [0.15, 0.2) is 58.4 Å². The van der Waals surface area contributed by atoms with Gasteiger partial charge in [0.15, 0.2) is 11.8 Å². The first kappa shape index (κ1) is 16.0. The van der Waals surface area contributed by atoms with E-state index in [4.69, 9.17) is 16.6 Å². The van der Waals surface area contributed by atoms with E-state index in [1.807, 2.05) is 67.0 Å². The Labute approximate surface area is 151 Å². The molecule has 1 atom stereocenters. The van der Waals surface area contributed by atoms with Gasteiger partial charge in [-0.3, -0.25) is 4.79 Å². The summed E-state index contributed by atoms with van der Waals surface area (Å²) in [4.78, 5) is 17.8. The number of aromatic nitrogens is 2. The van der Waals surface area contributed by atoms with Crippen LogP contribution in [0.1, 0.15) is 29.8 Å². The van der Waals surface area contributed by atoms with Crippen LogP contribution in [-0.4, -0.2) is 10.3 Å². The van der Waals surface area contributed by atoms with E-state index in [-0.39, 0.29) is 11.6 Å². The summed E-state index contributed by atoms with van der Waals surface area (Å²) in [5.74, 6) is 0.714. The first-order valence-corrected chi connectivity index (χ1v) is 8.83. The van der Waals surface area contributed by atoms with Crippen molar-refractivity contribution < 1.29 is 4.57 Å². The summed E-state index contributed by atoms with van der Waals surface area (Å²) < 4.78 is 3.95. The van der Waals surface area contributed by atoms with Crippen LogP contribution in [0.3, 0.4) is 0 Å². The maximum atomic E-state index is 13.0. The van der Waals surface area contributed by atoms with Gasteiger partial charge in [-0.05, 0) is 43.2 Å². The highest BCUT2D eigenvalue weighted by Crippen LogP contribution is 2.28. The fourth-order valence-electron chi connectivity index (χ4n) is 3.53. The molecule has 2 aromatic rings. The van der Waals surface area contributed by atoms with Gasteiger partial charge in [0.25, 0.3) is 0 Å². The van der Waals surface area contributed by atoms with E-state index >= 15 is 0 Å². The van der Waals surface area contributed by atoms with Crippen LogP contribution >= 0.6 is 11.6 Å². The number of aliphatic imine (C=N–C) groups is 1. The lowest BCUT2D eigenvalue weighted by Gasteiger charge is -2.14. The van der Waals surface area contributed by atoms with Gasteiger partial charge in [-0.1, -0.05) is 47.8 Å². The molecule has 1 aromatic heterocycles. The number of halogens is 1. The van der Waals surface area contributed by atoms with Gasteiger partial charge in [-0.15, -0.1) is 0 Å². The maximum absolute atomic E-state index is 13.0. The summed E-state index contributed by atoms with van der Waals surface area (Å²) in [6.07, 6.45) is 8.64. The van der Waals surface area contributed by atoms with Crippen molar-refractivity contribution in [3.05, 3.63) is 80.8 Å². The predicted molar refractivity (Wildman–Crippen MR) is 100.0 cm³/mol. The molecule has 2 heterocycles. The molecule has 5 heteroatoms. The van der Waals surface area contributed by atoms with Gasteiger partial charge < -0.3 is 0 Å². The van der Waals surface area contributed by atoms with Crippen molar-refractivity contribution in [1.82, 2.24) is 4.57 Å². The summed E-state index contributed by atoms with van der Waals surface area (Å²) in [5.41, 5.74) is 3.92. The van der Waals surface area contributed by atoms with Gasteiger partial charge in [-0.25, -0.2) is 4.57 Å². The minimum Gasteiger partial charge on any atom is -0.250 e. The number of rotatable bonds is 3. The van der Waals surface area contributed by atoms with Crippen molar-refractivity contribution in [3.8, 4) is 0 Å². The Morgan fingerprint density at radius 3 is 2.72 bits per heavy atom. The van der Waals surface area contributed by atoms with Gasteiger partial charge in [0, 0.05) is 5.02 Å². The average molecular weight is 353 g/mol.